The zero-order valence-electron chi connectivity index (χ0n) is 24.0. The van der Waals surface area contributed by atoms with Gasteiger partial charge in [-0.1, -0.05) is 17.7 Å². The molecule has 3 aromatic rings. The fourth-order valence-corrected chi connectivity index (χ4v) is 7.26. The molecule has 3 heterocycles. The van der Waals surface area contributed by atoms with Crippen LogP contribution in [0.3, 0.4) is 0 Å². The molecule has 2 aliphatic heterocycles. The first-order chi connectivity index (χ1) is 21.1. The Morgan fingerprint density at radius 3 is 2.48 bits per heavy atom. The largest absolute Gasteiger partial charge is 0.573 e. The van der Waals surface area contributed by atoms with E-state index in [1.807, 2.05) is 24.4 Å². The van der Waals surface area contributed by atoms with Gasteiger partial charge in [0.25, 0.3) is 5.91 Å². The number of carboxylic acid groups (broad SMARTS) is 1. The first-order valence-electron chi connectivity index (χ1n) is 14.5. The van der Waals surface area contributed by atoms with Crippen molar-refractivity contribution in [3.8, 4) is 22.8 Å². The molecule has 3 fully saturated rings. The summed E-state index contributed by atoms with van der Waals surface area (Å²) in [7, 11) is 0. The van der Waals surface area contributed by atoms with Crippen LogP contribution in [0.5, 0.6) is 11.5 Å². The number of nitrogens with zero attached hydrogens (tertiary/aromatic N) is 3. The third kappa shape index (κ3) is 6.48. The Kier molecular flexibility index (Phi) is 8.42. The number of hydrogen-bond donors (Lipinski definition) is 1. The van der Waals surface area contributed by atoms with Gasteiger partial charge in [0.2, 0.25) is 0 Å². The number of aromatic nitrogens is 1. The second kappa shape index (κ2) is 12.3. The highest BCUT2D eigenvalue weighted by Crippen LogP contribution is 2.44. The van der Waals surface area contributed by atoms with Crippen LogP contribution in [0.15, 0.2) is 41.8 Å². The summed E-state index contributed by atoms with van der Waals surface area (Å²) in [5, 5.41) is 12.4. The Morgan fingerprint density at radius 1 is 1.07 bits per heavy atom. The first kappa shape index (κ1) is 30.2. The van der Waals surface area contributed by atoms with E-state index in [2.05, 4.69) is 9.64 Å². The number of thiazole rings is 1. The van der Waals surface area contributed by atoms with Crippen molar-refractivity contribution in [3.63, 3.8) is 0 Å². The highest BCUT2D eigenvalue weighted by atomic mass is 32.1. The molecule has 2 atom stereocenters. The molecule has 1 amide bonds. The first-order valence-corrected chi connectivity index (χ1v) is 15.4. The lowest BCUT2D eigenvalue weighted by Crippen LogP contribution is -2.44. The number of carbonyl (C=O) groups excluding carboxylic acids is 1. The summed E-state index contributed by atoms with van der Waals surface area (Å²) in [5.41, 5.74) is 2.52. The topological polar surface area (TPSA) is 101 Å². The van der Waals surface area contributed by atoms with Gasteiger partial charge in [-0.3, -0.25) is 9.59 Å². The molecule has 3 aliphatic rings. The molecule has 1 aliphatic carbocycles. The molecule has 1 saturated carbocycles. The second-order valence-electron chi connectivity index (χ2n) is 11.4. The minimum atomic E-state index is -4.96. The third-order valence-electron chi connectivity index (χ3n) is 8.51. The van der Waals surface area contributed by atoms with Gasteiger partial charge in [-0.25, -0.2) is 4.98 Å². The maximum Gasteiger partial charge on any atom is 0.573 e. The van der Waals surface area contributed by atoms with Crippen molar-refractivity contribution in [2.24, 2.45) is 17.8 Å². The number of alkyl halides is 3. The molecule has 2 saturated heterocycles. The normalized spacial score (nSPS) is 21.8. The van der Waals surface area contributed by atoms with Gasteiger partial charge in [0.1, 0.15) is 18.1 Å². The van der Waals surface area contributed by atoms with E-state index >= 15 is 0 Å². The molecule has 2 aromatic carbocycles. The zero-order valence-corrected chi connectivity index (χ0v) is 24.8. The second-order valence-corrected chi connectivity index (χ2v) is 12.3. The summed E-state index contributed by atoms with van der Waals surface area (Å²) in [6.45, 7) is 4.42. The molecule has 0 radical (unpaired) electrons. The SMILES string of the molecule is Cc1ccc(OCc2ccc(C(=O)N3CCOCC3)cc2OC(F)(F)F)c(-c2csc(N3CC4CCC(C3)C4C(=O)O)n2)c1. The van der Waals surface area contributed by atoms with Gasteiger partial charge in [-0.2, -0.15) is 0 Å². The molecule has 44 heavy (non-hydrogen) atoms. The standard InChI is InChI=1S/C31H32F3N3O6S/c1-18-2-7-25(23(12-18)24-17-44-30(35-24)37-14-20-4-5-21(15-37)27(20)29(39)40)42-16-22-6-3-19(13-26(22)43-31(32,33)34)28(38)36-8-10-41-11-9-36/h2-3,6-7,12-13,17,20-21,27H,4-5,8-11,14-16H2,1H3,(H,39,40). The predicted molar refractivity (Wildman–Crippen MR) is 156 cm³/mol. The van der Waals surface area contributed by atoms with Crippen LogP contribution < -0.4 is 14.4 Å². The van der Waals surface area contributed by atoms with Crippen LogP contribution in [-0.2, 0) is 16.1 Å². The smallest absolute Gasteiger partial charge is 0.488 e. The lowest BCUT2D eigenvalue weighted by Gasteiger charge is -2.35. The van der Waals surface area contributed by atoms with Crippen molar-refractivity contribution in [1.29, 1.82) is 0 Å². The lowest BCUT2D eigenvalue weighted by molar-refractivity contribution is -0.275. The summed E-state index contributed by atoms with van der Waals surface area (Å²) in [5.74, 6) is -1.29. The Labute approximate surface area is 256 Å². The highest BCUT2D eigenvalue weighted by molar-refractivity contribution is 7.14. The van der Waals surface area contributed by atoms with Crippen LogP contribution in [0.1, 0.15) is 34.3 Å². The van der Waals surface area contributed by atoms with E-state index in [0.717, 1.165) is 29.6 Å². The summed E-state index contributed by atoms with van der Waals surface area (Å²) < 4.78 is 55.7. The van der Waals surface area contributed by atoms with E-state index in [1.165, 1.54) is 28.4 Å². The van der Waals surface area contributed by atoms with Gasteiger partial charge in [0.15, 0.2) is 5.13 Å². The molecule has 0 spiro atoms. The molecule has 2 unspecified atom stereocenters. The zero-order chi connectivity index (χ0) is 31.0. The van der Waals surface area contributed by atoms with E-state index in [-0.39, 0.29) is 35.5 Å². The van der Waals surface area contributed by atoms with Gasteiger partial charge >= 0.3 is 12.3 Å². The predicted octanol–water partition coefficient (Wildman–Crippen LogP) is 5.62. The molecule has 2 bridgehead atoms. The number of halogens is 3. The van der Waals surface area contributed by atoms with Crippen molar-refractivity contribution in [3.05, 3.63) is 58.5 Å². The number of piperidine rings is 1. The number of carboxylic acids is 1. The van der Waals surface area contributed by atoms with Crippen LogP contribution in [0.25, 0.3) is 11.3 Å². The van der Waals surface area contributed by atoms with Crippen molar-refractivity contribution in [2.75, 3.05) is 44.3 Å². The minimum absolute atomic E-state index is 0.0850. The molecule has 1 aromatic heterocycles. The van der Waals surface area contributed by atoms with Crippen LogP contribution in [0.4, 0.5) is 18.3 Å². The molecular formula is C31H32F3N3O6S. The maximum absolute atomic E-state index is 13.4. The van der Waals surface area contributed by atoms with Crippen LogP contribution in [0.2, 0.25) is 0 Å². The van der Waals surface area contributed by atoms with Gasteiger partial charge < -0.3 is 29.1 Å². The minimum Gasteiger partial charge on any atom is -0.488 e. The monoisotopic (exact) mass is 631 g/mol. The number of benzene rings is 2. The van der Waals surface area contributed by atoms with Crippen molar-refractivity contribution in [2.45, 2.75) is 32.7 Å². The van der Waals surface area contributed by atoms with Gasteiger partial charge in [-0.15, -0.1) is 24.5 Å². The van der Waals surface area contributed by atoms with E-state index in [0.29, 0.717) is 56.4 Å². The number of fused-ring (bicyclic) bond motifs is 2. The summed E-state index contributed by atoms with van der Waals surface area (Å²) in [6, 6.07) is 9.50. The average molecular weight is 632 g/mol. The van der Waals surface area contributed by atoms with E-state index in [4.69, 9.17) is 14.5 Å². The number of ether oxygens (including phenoxy) is 3. The Morgan fingerprint density at radius 2 is 1.80 bits per heavy atom. The maximum atomic E-state index is 13.4. The molecule has 6 rings (SSSR count). The molecular weight excluding hydrogens is 599 g/mol. The van der Waals surface area contributed by atoms with Crippen LogP contribution in [0, 0.1) is 24.7 Å². The molecule has 13 heteroatoms. The fraction of sp³-hybridized carbons (Fsp3) is 0.452. The fourth-order valence-electron chi connectivity index (χ4n) is 6.42. The lowest BCUT2D eigenvalue weighted by atomic mass is 9.85. The van der Waals surface area contributed by atoms with E-state index in [1.54, 1.807) is 6.07 Å². The third-order valence-corrected chi connectivity index (χ3v) is 9.42. The quantitative estimate of drug-likeness (QED) is 0.342. The molecule has 234 valence electrons. The molecule has 1 N–H and O–H groups in total. The number of aliphatic carboxylic acids is 1. The summed E-state index contributed by atoms with van der Waals surface area (Å²) >= 11 is 1.47. The summed E-state index contributed by atoms with van der Waals surface area (Å²) in [6.07, 6.45) is -3.16. The van der Waals surface area contributed by atoms with Crippen LogP contribution >= 0.6 is 11.3 Å². The Balaban J connectivity index is 1.21. The van der Waals surface area contributed by atoms with Gasteiger partial charge in [0, 0.05) is 48.2 Å². The van der Waals surface area contributed by atoms with Gasteiger partial charge in [0.05, 0.1) is 24.8 Å². The van der Waals surface area contributed by atoms with Crippen molar-refractivity contribution < 1.29 is 42.1 Å². The average Bonchev–Trinajstić information content (AvgIpc) is 3.59. The van der Waals surface area contributed by atoms with Gasteiger partial charge in [-0.05, 0) is 55.9 Å². The Bertz CT molecular complexity index is 1530. The number of anilines is 1. The number of carbonyl (C=O) groups is 2. The number of morpholine rings is 1. The number of aryl methyl sites for hydroxylation is 1. The number of rotatable bonds is 8. The van der Waals surface area contributed by atoms with Crippen molar-refractivity contribution >= 4 is 28.3 Å². The van der Waals surface area contributed by atoms with Crippen molar-refractivity contribution in [1.82, 2.24) is 9.88 Å². The Hall–Kier alpha value is -3.84. The number of amides is 1. The van der Waals surface area contributed by atoms with E-state index in [9.17, 15) is 27.9 Å². The summed E-state index contributed by atoms with van der Waals surface area (Å²) in [4.78, 5) is 33.2. The number of hydrogen-bond acceptors (Lipinski definition) is 8. The molecule has 9 nitrogen and oxygen atoms in total. The van der Waals surface area contributed by atoms with E-state index < -0.39 is 24.0 Å². The van der Waals surface area contributed by atoms with Crippen LogP contribution in [-0.4, -0.2) is 72.6 Å². The highest BCUT2D eigenvalue weighted by Gasteiger charge is 2.46.